The number of ether oxygens (including phenoxy) is 1. The fourth-order valence-corrected chi connectivity index (χ4v) is 3.89. The molecule has 1 unspecified atom stereocenters. The maximum Gasteiger partial charge on any atom is 0.147 e. The molecule has 1 atom stereocenters. The van der Waals surface area contributed by atoms with Crippen LogP contribution in [0.4, 0.5) is 5.82 Å². The first-order valence-corrected chi connectivity index (χ1v) is 10.2. The van der Waals surface area contributed by atoms with Crippen molar-refractivity contribution in [3.8, 4) is 5.75 Å². The molecule has 3 aromatic rings. The second-order valence-corrected chi connectivity index (χ2v) is 7.46. The molecule has 154 valence electrons. The number of halogens is 1. The lowest BCUT2D eigenvalue weighted by molar-refractivity contribution is -0.109. The lowest BCUT2D eigenvalue weighted by Crippen LogP contribution is -2.33. The Morgan fingerprint density at radius 1 is 1.16 bits per heavy atom. The van der Waals surface area contributed by atoms with Crippen molar-refractivity contribution in [2.24, 2.45) is 0 Å². The molecule has 0 radical (unpaired) electrons. The Hall–Kier alpha value is -3.63. The van der Waals surface area contributed by atoms with Crippen LogP contribution in [0.5, 0.6) is 5.75 Å². The molecule has 31 heavy (non-hydrogen) atoms. The molecule has 0 N–H and O–H groups in total. The van der Waals surface area contributed by atoms with E-state index in [1.807, 2.05) is 71.6 Å². The summed E-state index contributed by atoms with van der Waals surface area (Å²) in [5.74, 6) is 1.28. The number of aromatic nitrogens is 1. The molecule has 1 aliphatic heterocycles. The maximum absolute atomic E-state index is 12.3. The molecule has 0 saturated carbocycles. The summed E-state index contributed by atoms with van der Waals surface area (Å²) >= 11 is 6.17. The van der Waals surface area contributed by atoms with Crippen molar-refractivity contribution >= 4 is 35.9 Å². The van der Waals surface area contributed by atoms with Crippen LogP contribution in [0.2, 0.25) is 5.02 Å². The van der Waals surface area contributed by atoms with Crippen molar-refractivity contribution in [1.82, 2.24) is 4.98 Å². The predicted octanol–water partition coefficient (Wildman–Crippen LogP) is 6.11. The highest BCUT2D eigenvalue weighted by Crippen LogP contribution is 2.39. The lowest BCUT2D eigenvalue weighted by atomic mass is 9.91. The second-order valence-electron chi connectivity index (χ2n) is 7.02. The van der Waals surface area contributed by atoms with Gasteiger partial charge in [-0.25, -0.2) is 4.98 Å². The molecule has 4 rings (SSSR count). The summed E-state index contributed by atoms with van der Waals surface area (Å²) in [6, 6.07) is 18.6. The van der Waals surface area contributed by atoms with Crippen molar-refractivity contribution in [1.29, 1.82) is 0 Å². The number of rotatable bonds is 6. The standard InChI is InChI=1S/C26H21ClN2O2/c1-3-19(13-18-7-6-9-21(27)14-18)24-15-20-8-4-5-10-23(20)25(17-30)29(24)26-12-11-22(31-2)16-28-26/h3-17,25H,1H2,2H3. The van der Waals surface area contributed by atoms with Crippen LogP contribution in [0.3, 0.4) is 0 Å². The van der Waals surface area contributed by atoms with Gasteiger partial charge in [-0.05, 0) is 58.7 Å². The van der Waals surface area contributed by atoms with Crippen LogP contribution >= 0.6 is 11.6 Å². The summed E-state index contributed by atoms with van der Waals surface area (Å²) in [5, 5.41) is 0.652. The van der Waals surface area contributed by atoms with Gasteiger partial charge in [0, 0.05) is 5.02 Å². The van der Waals surface area contributed by atoms with Crippen molar-refractivity contribution in [3.05, 3.63) is 112 Å². The van der Waals surface area contributed by atoms with Gasteiger partial charge < -0.3 is 14.4 Å². The fourth-order valence-electron chi connectivity index (χ4n) is 3.69. The highest BCUT2D eigenvalue weighted by atomic mass is 35.5. The van der Waals surface area contributed by atoms with Crippen molar-refractivity contribution in [2.45, 2.75) is 6.04 Å². The molecule has 4 nitrogen and oxygen atoms in total. The normalized spacial score (nSPS) is 15.7. The van der Waals surface area contributed by atoms with Gasteiger partial charge in [-0.2, -0.15) is 0 Å². The smallest absolute Gasteiger partial charge is 0.147 e. The molecular weight excluding hydrogens is 408 g/mol. The first-order valence-electron chi connectivity index (χ1n) is 9.80. The minimum Gasteiger partial charge on any atom is -0.495 e. The van der Waals surface area contributed by atoms with Gasteiger partial charge >= 0.3 is 0 Å². The van der Waals surface area contributed by atoms with Crippen LogP contribution in [0, 0.1) is 0 Å². The van der Waals surface area contributed by atoms with Gasteiger partial charge in [-0.3, -0.25) is 0 Å². The maximum atomic E-state index is 12.3. The minimum absolute atomic E-state index is 0.528. The number of nitrogens with zero attached hydrogens (tertiary/aromatic N) is 2. The third-order valence-corrected chi connectivity index (χ3v) is 5.40. The highest BCUT2D eigenvalue weighted by Gasteiger charge is 2.31. The van der Waals surface area contributed by atoms with Gasteiger partial charge in [0.25, 0.3) is 0 Å². The number of carbonyl (C=O) groups excluding carboxylic acids is 1. The zero-order valence-electron chi connectivity index (χ0n) is 17.0. The average Bonchev–Trinajstić information content (AvgIpc) is 2.81. The van der Waals surface area contributed by atoms with Crippen LogP contribution in [0.1, 0.15) is 22.7 Å². The second kappa shape index (κ2) is 9.02. The molecule has 0 amide bonds. The quantitative estimate of drug-likeness (QED) is 0.350. The van der Waals surface area contributed by atoms with Crippen molar-refractivity contribution in [2.75, 3.05) is 12.0 Å². The van der Waals surface area contributed by atoms with Crippen molar-refractivity contribution in [3.63, 3.8) is 0 Å². The summed E-state index contributed by atoms with van der Waals surface area (Å²) in [6.45, 7) is 4.02. The average molecular weight is 429 g/mol. The van der Waals surface area contributed by atoms with E-state index in [0.717, 1.165) is 34.2 Å². The number of pyridine rings is 1. The number of hydrogen-bond acceptors (Lipinski definition) is 4. The molecular formula is C26H21ClN2O2. The molecule has 0 aliphatic carbocycles. The summed E-state index contributed by atoms with van der Waals surface area (Å²) in [7, 11) is 1.59. The number of anilines is 1. The van der Waals surface area contributed by atoms with Gasteiger partial charge in [0.05, 0.1) is 19.0 Å². The molecule has 2 heterocycles. The van der Waals surface area contributed by atoms with Gasteiger partial charge in [0.2, 0.25) is 0 Å². The molecule has 0 saturated heterocycles. The number of aldehydes is 1. The Morgan fingerprint density at radius 3 is 2.68 bits per heavy atom. The Labute approximate surface area is 186 Å². The van der Waals surface area contributed by atoms with E-state index in [1.165, 1.54) is 0 Å². The first-order chi connectivity index (χ1) is 15.1. The molecule has 0 spiro atoms. The van der Waals surface area contributed by atoms with Gasteiger partial charge in [0.15, 0.2) is 0 Å². The number of hydrogen-bond donors (Lipinski definition) is 0. The Balaban J connectivity index is 1.91. The van der Waals surface area contributed by atoms with Crippen LogP contribution in [0.25, 0.3) is 12.2 Å². The third kappa shape index (κ3) is 4.16. The van der Waals surface area contributed by atoms with Crippen LogP contribution in [-0.2, 0) is 4.79 Å². The molecule has 0 fully saturated rings. The molecule has 2 aromatic carbocycles. The number of methoxy groups -OCH3 is 1. The summed E-state index contributed by atoms with van der Waals surface area (Å²) < 4.78 is 5.25. The molecule has 0 bridgehead atoms. The fraction of sp³-hybridized carbons (Fsp3) is 0.0769. The summed E-state index contributed by atoms with van der Waals surface area (Å²) in [4.78, 5) is 18.8. The Morgan fingerprint density at radius 2 is 2.00 bits per heavy atom. The van der Waals surface area contributed by atoms with Crippen molar-refractivity contribution < 1.29 is 9.53 Å². The zero-order valence-corrected chi connectivity index (χ0v) is 17.8. The predicted molar refractivity (Wildman–Crippen MR) is 126 cm³/mol. The van der Waals surface area contributed by atoms with E-state index in [1.54, 1.807) is 19.4 Å². The zero-order chi connectivity index (χ0) is 21.8. The number of fused-ring (bicyclic) bond motifs is 1. The summed E-state index contributed by atoms with van der Waals surface area (Å²) in [6.07, 6.45) is 8.41. The highest BCUT2D eigenvalue weighted by molar-refractivity contribution is 6.30. The van der Waals surface area contributed by atoms with E-state index < -0.39 is 6.04 Å². The van der Waals surface area contributed by atoms with E-state index in [4.69, 9.17) is 16.3 Å². The lowest BCUT2D eigenvalue weighted by Gasteiger charge is -2.36. The number of benzene rings is 2. The molecule has 1 aliphatic rings. The van der Waals surface area contributed by atoms with Gasteiger partial charge in [-0.1, -0.05) is 60.7 Å². The van der Waals surface area contributed by atoms with E-state index >= 15 is 0 Å². The topological polar surface area (TPSA) is 42.4 Å². The van der Waals surface area contributed by atoms with E-state index in [-0.39, 0.29) is 0 Å². The Kier molecular flexibility index (Phi) is 6.01. The third-order valence-electron chi connectivity index (χ3n) is 5.16. The van der Waals surface area contributed by atoms with E-state index in [0.29, 0.717) is 16.6 Å². The molecule has 1 aromatic heterocycles. The van der Waals surface area contributed by atoms with Crippen LogP contribution < -0.4 is 9.64 Å². The minimum atomic E-state index is -0.528. The monoisotopic (exact) mass is 428 g/mol. The largest absolute Gasteiger partial charge is 0.495 e. The Bertz CT molecular complexity index is 1180. The number of allylic oxidation sites excluding steroid dienone is 1. The SMILES string of the molecule is C=CC(=Cc1cccc(Cl)c1)C1=Cc2ccccc2C(C=O)N1c1ccc(OC)cn1. The van der Waals surface area contributed by atoms with Crippen LogP contribution in [0.15, 0.2) is 90.8 Å². The molecule has 5 heteroatoms. The first kappa shape index (κ1) is 20.6. The number of carbonyl (C=O) groups is 1. The summed E-state index contributed by atoms with van der Waals surface area (Å²) in [5.41, 5.74) is 4.51. The van der Waals surface area contributed by atoms with E-state index in [9.17, 15) is 4.79 Å². The van der Waals surface area contributed by atoms with Crippen LogP contribution in [-0.4, -0.2) is 18.4 Å². The van der Waals surface area contributed by atoms with Gasteiger partial charge in [-0.15, -0.1) is 0 Å². The van der Waals surface area contributed by atoms with E-state index in [2.05, 4.69) is 17.6 Å². The van der Waals surface area contributed by atoms with Gasteiger partial charge in [0.1, 0.15) is 23.9 Å².